The van der Waals surface area contributed by atoms with Crippen molar-refractivity contribution in [1.82, 2.24) is 19.6 Å². The third-order valence-corrected chi connectivity index (χ3v) is 6.83. The van der Waals surface area contributed by atoms with Gasteiger partial charge in [-0.25, -0.2) is 9.69 Å². The molecule has 33 heavy (non-hydrogen) atoms. The standard InChI is InChI=1S/C23H36N7O3/c1-16(2)9-13-29-19-20(25-22(29)28-12-7-8-17(24)14-28)26(3)23(33)30(21(19)32)15-18(31)27-10-5-4-6-11-27/h9,17,19H,4-8,10-15,24H2,1-3H3/q+1. The number of urea groups is 1. The number of nitrogens with zero attached hydrogens (tertiary/aromatic N) is 6. The molecule has 2 unspecified atom stereocenters. The van der Waals surface area contributed by atoms with Crippen molar-refractivity contribution < 1.29 is 19.0 Å². The first-order chi connectivity index (χ1) is 15.8. The first-order valence-corrected chi connectivity index (χ1v) is 12.0. The molecule has 4 aliphatic rings. The normalized spacial score (nSPS) is 28.2. The van der Waals surface area contributed by atoms with Gasteiger partial charge in [0.15, 0.2) is 0 Å². The lowest BCUT2D eigenvalue weighted by atomic mass is 10.1. The van der Waals surface area contributed by atoms with Crippen LogP contribution in [0.5, 0.6) is 0 Å². The summed E-state index contributed by atoms with van der Waals surface area (Å²) in [6.45, 7) is 7.11. The predicted molar refractivity (Wildman–Crippen MR) is 125 cm³/mol. The van der Waals surface area contributed by atoms with E-state index in [1.165, 1.54) is 4.90 Å². The van der Waals surface area contributed by atoms with Crippen LogP contribution in [-0.2, 0) is 9.59 Å². The molecular formula is C23H36N7O3+. The number of carbonyl (C=O) groups excluding carboxylic acids is 3. The lowest BCUT2D eigenvalue weighted by Crippen LogP contribution is -2.65. The maximum Gasteiger partial charge on any atom is 0.392 e. The highest BCUT2D eigenvalue weighted by Gasteiger charge is 2.56. The van der Waals surface area contributed by atoms with E-state index in [1.807, 2.05) is 18.7 Å². The number of amidine groups is 1. The smallest absolute Gasteiger partial charge is 0.341 e. The number of allylic oxidation sites excluding steroid dienone is 1. The number of imide groups is 1. The largest absolute Gasteiger partial charge is 0.392 e. The molecule has 2 atom stereocenters. The summed E-state index contributed by atoms with van der Waals surface area (Å²) in [4.78, 5) is 50.6. The van der Waals surface area contributed by atoms with Gasteiger partial charge < -0.3 is 10.6 Å². The zero-order valence-corrected chi connectivity index (χ0v) is 20.0. The van der Waals surface area contributed by atoms with Gasteiger partial charge in [0.2, 0.25) is 17.8 Å². The molecule has 0 saturated carbocycles. The first-order valence-electron chi connectivity index (χ1n) is 12.0. The van der Waals surface area contributed by atoms with Gasteiger partial charge in [-0.2, -0.15) is 0 Å². The van der Waals surface area contributed by atoms with Crippen LogP contribution in [0.15, 0.2) is 16.6 Å². The van der Waals surface area contributed by atoms with Crippen molar-refractivity contribution in [3.05, 3.63) is 11.6 Å². The molecule has 0 aromatic carbocycles. The predicted octanol–water partition coefficient (Wildman–Crippen LogP) is 0.431. The van der Waals surface area contributed by atoms with Crippen LogP contribution in [0.2, 0.25) is 0 Å². The van der Waals surface area contributed by atoms with Crippen LogP contribution in [0.25, 0.3) is 0 Å². The van der Waals surface area contributed by atoms with Gasteiger partial charge in [-0.3, -0.25) is 24.0 Å². The number of carbonyl (C=O) groups is 3. The van der Waals surface area contributed by atoms with E-state index in [1.54, 1.807) is 11.9 Å². The Bertz CT molecular complexity index is 915. The van der Waals surface area contributed by atoms with Crippen LogP contribution >= 0.6 is 0 Å². The lowest BCUT2D eigenvalue weighted by Gasteiger charge is -2.36. The van der Waals surface area contributed by atoms with Crippen LogP contribution in [0, 0.1) is 0 Å². The van der Waals surface area contributed by atoms with E-state index in [0.29, 0.717) is 38.0 Å². The molecule has 2 N–H and O–H groups in total. The number of aliphatic imine (C=N–C) groups is 1. The average Bonchev–Trinajstić information content (AvgIpc) is 3.19. The summed E-state index contributed by atoms with van der Waals surface area (Å²) >= 11 is 0. The molecule has 0 aromatic heterocycles. The quantitative estimate of drug-likeness (QED) is 0.486. The van der Waals surface area contributed by atoms with Crippen molar-refractivity contribution in [2.75, 3.05) is 46.3 Å². The van der Waals surface area contributed by atoms with Crippen molar-refractivity contribution in [2.24, 2.45) is 10.7 Å². The fraction of sp³-hybridized carbons (Fsp3) is 0.696. The molecule has 0 aromatic rings. The molecule has 3 saturated heterocycles. The van der Waals surface area contributed by atoms with Crippen LogP contribution in [-0.4, -0.2) is 112 Å². The van der Waals surface area contributed by atoms with Crippen molar-refractivity contribution in [1.29, 1.82) is 0 Å². The summed E-state index contributed by atoms with van der Waals surface area (Å²) in [6.07, 6.45) is 6.99. The van der Waals surface area contributed by atoms with Crippen LogP contribution < -0.4 is 5.73 Å². The van der Waals surface area contributed by atoms with E-state index in [9.17, 15) is 14.4 Å². The number of nitrogens with two attached hydrogens (primary N) is 1. The SMILES string of the molecule is CC(C)=CCN1C(=[N+]2CCCC(N)C2)N=C2C1C(=O)N(CC(=O)N1CCCCC1)C(=O)N2C. The minimum atomic E-state index is -0.731. The van der Waals surface area contributed by atoms with E-state index >= 15 is 0 Å². The van der Waals surface area contributed by atoms with Crippen molar-refractivity contribution in [3.63, 3.8) is 0 Å². The fourth-order valence-corrected chi connectivity index (χ4v) is 4.94. The van der Waals surface area contributed by atoms with E-state index in [4.69, 9.17) is 10.7 Å². The molecule has 4 amide bonds. The third kappa shape index (κ3) is 4.66. The van der Waals surface area contributed by atoms with Gasteiger partial charge in [0, 0.05) is 26.2 Å². The molecular weight excluding hydrogens is 422 g/mol. The first kappa shape index (κ1) is 23.4. The summed E-state index contributed by atoms with van der Waals surface area (Å²) in [5.74, 6) is 0.536. The molecule has 0 bridgehead atoms. The highest BCUT2D eigenvalue weighted by atomic mass is 16.2. The number of piperidine rings is 2. The number of hydrogen-bond donors (Lipinski definition) is 1. The molecule has 4 heterocycles. The molecule has 180 valence electrons. The monoisotopic (exact) mass is 458 g/mol. The highest BCUT2D eigenvalue weighted by molar-refractivity contribution is 6.26. The molecule has 3 fully saturated rings. The number of likely N-dealkylation sites (tertiary alicyclic amines) is 1. The Hall–Kier alpha value is -2.75. The molecule has 4 aliphatic heterocycles. The lowest BCUT2D eigenvalue weighted by molar-refractivity contribution is -0.544. The minimum absolute atomic E-state index is 0.0492. The van der Waals surface area contributed by atoms with Gasteiger partial charge in [-0.05, 0) is 46.0 Å². The summed E-state index contributed by atoms with van der Waals surface area (Å²) in [7, 11) is 1.63. The topological polar surface area (TPSA) is 106 Å². The van der Waals surface area contributed by atoms with Crippen LogP contribution in [0.4, 0.5) is 4.79 Å². The molecule has 4 rings (SSSR count). The van der Waals surface area contributed by atoms with Crippen molar-refractivity contribution in [2.45, 2.75) is 58.0 Å². The van der Waals surface area contributed by atoms with Gasteiger partial charge in [0.05, 0.1) is 19.6 Å². The summed E-state index contributed by atoms with van der Waals surface area (Å²) < 4.78 is 2.12. The van der Waals surface area contributed by atoms with E-state index in [-0.39, 0.29) is 24.4 Å². The van der Waals surface area contributed by atoms with Gasteiger partial charge in [0.1, 0.15) is 6.54 Å². The van der Waals surface area contributed by atoms with E-state index in [0.717, 1.165) is 49.1 Å². The van der Waals surface area contributed by atoms with E-state index in [2.05, 4.69) is 10.7 Å². The zero-order chi connectivity index (χ0) is 23.7. The van der Waals surface area contributed by atoms with Gasteiger partial charge in [0.25, 0.3) is 5.91 Å². The molecule has 0 spiro atoms. The molecule has 10 heteroatoms. The Morgan fingerprint density at radius 1 is 1.18 bits per heavy atom. The minimum Gasteiger partial charge on any atom is -0.341 e. The van der Waals surface area contributed by atoms with E-state index < -0.39 is 12.1 Å². The Morgan fingerprint density at radius 2 is 1.91 bits per heavy atom. The number of rotatable bonds is 4. The Morgan fingerprint density at radius 3 is 2.58 bits per heavy atom. The van der Waals surface area contributed by atoms with Crippen LogP contribution in [0.1, 0.15) is 46.0 Å². The second kappa shape index (κ2) is 9.62. The maximum atomic E-state index is 13.6. The molecule has 10 nitrogen and oxygen atoms in total. The third-order valence-electron chi connectivity index (χ3n) is 6.83. The van der Waals surface area contributed by atoms with Gasteiger partial charge in [-0.15, -0.1) is 0 Å². The maximum absolute atomic E-state index is 13.6. The Kier molecular flexibility index (Phi) is 6.83. The van der Waals surface area contributed by atoms with Crippen molar-refractivity contribution in [3.8, 4) is 0 Å². The number of amides is 4. The summed E-state index contributed by atoms with van der Waals surface area (Å²) in [5.41, 5.74) is 7.34. The number of guanidine groups is 1. The summed E-state index contributed by atoms with van der Waals surface area (Å²) in [5, 5.41) is 0. The average molecular weight is 459 g/mol. The number of hydrogen-bond acceptors (Lipinski definition) is 4. The van der Waals surface area contributed by atoms with Crippen molar-refractivity contribution >= 4 is 29.6 Å². The second-order valence-electron chi connectivity index (χ2n) is 9.66. The highest BCUT2D eigenvalue weighted by Crippen LogP contribution is 2.25. The van der Waals surface area contributed by atoms with Crippen LogP contribution in [0.3, 0.4) is 0 Å². The second-order valence-corrected chi connectivity index (χ2v) is 9.66. The Labute approximate surface area is 195 Å². The van der Waals surface area contributed by atoms with Gasteiger partial charge in [-0.1, -0.05) is 16.6 Å². The van der Waals surface area contributed by atoms with Gasteiger partial charge >= 0.3 is 12.0 Å². The summed E-state index contributed by atoms with van der Waals surface area (Å²) in [6, 6.07) is -1.18. The number of fused-ring (bicyclic) bond motifs is 1. The fourth-order valence-electron chi connectivity index (χ4n) is 4.94. The molecule has 0 aliphatic carbocycles. The Balaban J connectivity index is 1.64. The number of likely N-dealkylation sites (N-methyl/N-ethyl adjacent to an activating group) is 1. The zero-order valence-electron chi connectivity index (χ0n) is 20.0. The molecule has 0 radical (unpaired) electrons.